The van der Waals surface area contributed by atoms with Crippen LogP contribution in [0.4, 0.5) is 0 Å². The molecule has 25 heavy (non-hydrogen) atoms. The molecule has 3 nitrogen and oxygen atoms in total. The quantitative estimate of drug-likeness (QED) is 0.662. The fraction of sp³-hybridized carbons (Fsp3) is 0.0909. The molecule has 0 bridgehead atoms. The van der Waals surface area contributed by atoms with E-state index in [9.17, 15) is 9.59 Å². The molecule has 3 heteroatoms. The van der Waals surface area contributed by atoms with Crippen LogP contribution in [-0.4, -0.2) is 18.4 Å². The van der Waals surface area contributed by atoms with E-state index in [4.69, 9.17) is 4.74 Å². The highest BCUT2D eigenvalue weighted by molar-refractivity contribution is 6.02. The molecule has 1 radical (unpaired) electrons. The molecule has 121 valence electrons. The van der Waals surface area contributed by atoms with E-state index >= 15 is 0 Å². The Morgan fingerprint density at radius 1 is 0.800 bits per heavy atom. The number of hydrogen-bond donors (Lipinski definition) is 0. The largest absolute Gasteiger partial charge is 0.445 e. The van der Waals surface area contributed by atoms with E-state index < -0.39 is 6.10 Å². The molecule has 3 aromatic carbocycles. The Bertz CT molecular complexity index is 885. The van der Waals surface area contributed by atoms with Crippen LogP contribution in [0.2, 0.25) is 0 Å². The van der Waals surface area contributed by atoms with Crippen LogP contribution >= 0.6 is 0 Å². The van der Waals surface area contributed by atoms with E-state index in [-0.39, 0.29) is 11.7 Å². The van der Waals surface area contributed by atoms with Gasteiger partial charge in [0.2, 0.25) is 5.78 Å². The number of rotatable bonds is 5. The van der Waals surface area contributed by atoms with Crippen LogP contribution in [0.15, 0.2) is 78.9 Å². The van der Waals surface area contributed by atoms with Crippen LogP contribution in [0.25, 0.3) is 11.1 Å². The number of benzene rings is 3. The monoisotopic (exact) mass is 327 g/mol. The Morgan fingerprint density at radius 2 is 1.32 bits per heavy atom. The average molecular weight is 327 g/mol. The normalized spacial score (nSPS) is 13.6. The fourth-order valence-electron chi connectivity index (χ4n) is 3.61. The van der Waals surface area contributed by atoms with Gasteiger partial charge in [-0.1, -0.05) is 78.9 Å². The van der Waals surface area contributed by atoms with Gasteiger partial charge in [0.25, 0.3) is 0 Å². The summed E-state index contributed by atoms with van der Waals surface area (Å²) in [5, 5.41) is 0. The lowest BCUT2D eigenvalue weighted by Gasteiger charge is -2.22. The lowest BCUT2D eigenvalue weighted by molar-refractivity contribution is 0.0735. The van der Waals surface area contributed by atoms with Crippen LogP contribution in [0.5, 0.6) is 0 Å². The summed E-state index contributed by atoms with van der Waals surface area (Å²) in [6, 6.07) is 24.8. The van der Waals surface area contributed by atoms with Gasteiger partial charge >= 0.3 is 6.47 Å². The number of ether oxygens (including phenoxy) is 1. The maximum absolute atomic E-state index is 13.0. The topological polar surface area (TPSA) is 43.4 Å². The summed E-state index contributed by atoms with van der Waals surface area (Å²) < 4.78 is 5.20. The molecule has 3 aromatic rings. The van der Waals surface area contributed by atoms with Crippen molar-refractivity contribution in [3.05, 3.63) is 95.6 Å². The Kier molecular flexibility index (Phi) is 3.90. The van der Waals surface area contributed by atoms with Crippen LogP contribution in [0.1, 0.15) is 27.4 Å². The smallest absolute Gasteiger partial charge is 0.418 e. The summed E-state index contributed by atoms with van der Waals surface area (Å²) in [4.78, 5) is 24.1. The summed E-state index contributed by atoms with van der Waals surface area (Å²) in [6.07, 6.45) is -0.940. The second-order valence-electron chi connectivity index (χ2n) is 6.00. The van der Waals surface area contributed by atoms with Crippen LogP contribution in [-0.2, 0) is 9.53 Å². The van der Waals surface area contributed by atoms with Crippen molar-refractivity contribution < 1.29 is 14.3 Å². The zero-order valence-electron chi connectivity index (χ0n) is 13.4. The van der Waals surface area contributed by atoms with Crippen molar-refractivity contribution in [2.45, 2.75) is 12.0 Å². The standard InChI is InChI=1S/C22H15O3/c23-14-25-22(21(24)15-8-2-1-3-9-15)20-18-12-6-4-10-16(18)17-11-5-7-13-19(17)20/h1-13,20,22H. The Labute approximate surface area is 145 Å². The van der Waals surface area contributed by atoms with Crippen molar-refractivity contribution in [3.63, 3.8) is 0 Å². The van der Waals surface area contributed by atoms with E-state index in [1.807, 2.05) is 54.6 Å². The predicted molar refractivity (Wildman–Crippen MR) is 95.1 cm³/mol. The van der Waals surface area contributed by atoms with Crippen molar-refractivity contribution in [1.29, 1.82) is 0 Å². The second kappa shape index (κ2) is 6.36. The number of hydrogen-bond acceptors (Lipinski definition) is 3. The first kappa shape index (κ1) is 15.3. The van der Waals surface area contributed by atoms with E-state index in [0.29, 0.717) is 5.56 Å². The zero-order chi connectivity index (χ0) is 17.2. The number of fused-ring (bicyclic) bond motifs is 3. The molecule has 0 heterocycles. The lowest BCUT2D eigenvalue weighted by Crippen LogP contribution is -2.31. The molecule has 0 aliphatic heterocycles. The molecule has 1 atom stereocenters. The van der Waals surface area contributed by atoms with Gasteiger partial charge in [-0.2, -0.15) is 0 Å². The summed E-state index contributed by atoms with van der Waals surface area (Å²) in [5.74, 6) is -0.554. The minimum absolute atomic E-state index is 0.222. The lowest BCUT2D eigenvalue weighted by atomic mass is 9.87. The highest BCUT2D eigenvalue weighted by Crippen LogP contribution is 2.47. The van der Waals surface area contributed by atoms with Crippen molar-refractivity contribution >= 4 is 12.3 Å². The van der Waals surface area contributed by atoms with Gasteiger partial charge in [0.1, 0.15) is 0 Å². The molecule has 0 aromatic heterocycles. The van der Waals surface area contributed by atoms with Crippen molar-refractivity contribution in [3.8, 4) is 11.1 Å². The first-order chi connectivity index (χ1) is 12.3. The summed E-state index contributed by atoms with van der Waals surface area (Å²) >= 11 is 0. The third kappa shape index (κ3) is 2.54. The van der Waals surface area contributed by atoms with Gasteiger partial charge in [0.05, 0.1) is 5.92 Å². The van der Waals surface area contributed by atoms with Crippen LogP contribution in [0, 0.1) is 0 Å². The SMILES string of the molecule is O=[C]OC(C(=O)c1ccccc1)C1c2ccccc2-c2ccccc21. The van der Waals surface area contributed by atoms with Gasteiger partial charge in [-0.15, -0.1) is 0 Å². The van der Waals surface area contributed by atoms with Gasteiger partial charge < -0.3 is 4.74 Å². The Balaban J connectivity index is 1.85. The van der Waals surface area contributed by atoms with Crippen molar-refractivity contribution in [1.82, 2.24) is 0 Å². The van der Waals surface area contributed by atoms with E-state index in [0.717, 1.165) is 22.3 Å². The van der Waals surface area contributed by atoms with E-state index in [2.05, 4.69) is 0 Å². The summed E-state index contributed by atoms with van der Waals surface area (Å²) in [5.41, 5.74) is 4.65. The van der Waals surface area contributed by atoms with Crippen molar-refractivity contribution in [2.24, 2.45) is 0 Å². The predicted octanol–water partition coefficient (Wildman–Crippen LogP) is 4.13. The maximum atomic E-state index is 13.0. The fourth-order valence-corrected chi connectivity index (χ4v) is 3.61. The molecule has 0 saturated heterocycles. The first-order valence-corrected chi connectivity index (χ1v) is 8.11. The molecule has 1 aliphatic carbocycles. The number of Topliss-reactive ketones (excluding diaryl/α,β-unsaturated/α-hetero) is 1. The highest BCUT2D eigenvalue weighted by atomic mass is 16.5. The van der Waals surface area contributed by atoms with Gasteiger partial charge in [-0.3, -0.25) is 4.79 Å². The first-order valence-electron chi connectivity index (χ1n) is 8.11. The molecule has 0 saturated carbocycles. The zero-order valence-corrected chi connectivity index (χ0v) is 13.4. The van der Waals surface area contributed by atoms with E-state index in [1.165, 1.54) is 6.47 Å². The third-order valence-corrected chi connectivity index (χ3v) is 4.68. The maximum Gasteiger partial charge on any atom is 0.418 e. The Morgan fingerprint density at radius 3 is 1.88 bits per heavy atom. The molecule has 1 unspecified atom stereocenters. The highest BCUT2D eigenvalue weighted by Gasteiger charge is 2.39. The van der Waals surface area contributed by atoms with Crippen LogP contribution < -0.4 is 0 Å². The summed E-state index contributed by atoms with van der Waals surface area (Å²) in [6.45, 7) is 1.49. The number of carbonyl (C=O) groups excluding carboxylic acids is 2. The summed E-state index contributed by atoms with van der Waals surface area (Å²) in [7, 11) is 0. The second-order valence-corrected chi connectivity index (χ2v) is 6.00. The molecule has 0 amide bonds. The van der Waals surface area contributed by atoms with Gasteiger partial charge in [0, 0.05) is 5.56 Å². The van der Waals surface area contributed by atoms with Gasteiger partial charge in [-0.05, 0) is 22.3 Å². The van der Waals surface area contributed by atoms with E-state index in [1.54, 1.807) is 24.3 Å². The van der Waals surface area contributed by atoms with Crippen LogP contribution in [0.3, 0.4) is 0 Å². The Hall–Kier alpha value is -3.20. The molecule has 0 N–H and O–H groups in total. The van der Waals surface area contributed by atoms with Gasteiger partial charge in [0.15, 0.2) is 6.10 Å². The third-order valence-electron chi connectivity index (χ3n) is 4.68. The molecular formula is C22H15O3. The molecule has 0 fully saturated rings. The van der Waals surface area contributed by atoms with Crippen molar-refractivity contribution in [2.75, 3.05) is 0 Å². The molecular weight excluding hydrogens is 312 g/mol. The van der Waals surface area contributed by atoms with Gasteiger partial charge in [-0.25, -0.2) is 4.79 Å². The number of ketones is 1. The molecule has 1 aliphatic rings. The average Bonchev–Trinajstić information content (AvgIpc) is 3.01. The minimum atomic E-state index is -0.940. The molecule has 4 rings (SSSR count). The molecule has 0 spiro atoms. The minimum Gasteiger partial charge on any atom is -0.445 e. The number of carbonyl (C=O) groups is 1.